The number of halogens is 1. The van der Waals surface area contributed by atoms with Crippen LogP contribution < -0.4 is 0 Å². The van der Waals surface area contributed by atoms with Crippen LogP contribution in [0.25, 0.3) is 34.2 Å². The van der Waals surface area contributed by atoms with Gasteiger partial charge < -0.3 is 29.6 Å². The van der Waals surface area contributed by atoms with Crippen molar-refractivity contribution < 1.29 is 34.0 Å². The van der Waals surface area contributed by atoms with Gasteiger partial charge in [0.15, 0.2) is 17.7 Å². The normalized spacial score (nSPS) is 24.9. The Morgan fingerprint density at radius 2 is 1.71 bits per heavy atom. The molecule has 0 aliphatic carbocycles. The summed E-state index contributed by atoms with van der Waals surface area (Å²) < 4.78 is 25.8. The molecule has 1 unspecified atom stereocenters. The third-order valence-electron chi connectivity index (χ3n) is 5.59. The van der Waals surface area contributed by atoms with Gasteiger partial charge in [-0.3, -0.25) is 4.98 Å². The molecule has 4 N–H and O–H groups in total. The van der Waals surface area contributed by atoms with Gasteiger partial charge in [0.05, 0.1) is 12.8 Å². The number of rotatable bonds is 5. The first-order valence-corrected chi connectivity index (χ1v) is 10.4. The molecular formula is C22H20FN5O6. The van der Waals surface area contributed by atoms with Crippen molar-refractivity contribution in [3.63, 3.8) is 0 Å². The Labute approximate surface area is 191 Å². The van der Waals surface area contributed by atoms with E-state index in [1.165, 1.54) is 18.3 Å². The number of hydrogen-bond donors (Lipinski definition) is 4. The van der Waals surface area contributed by atoms with Gasteiger partial charge in [-0.25, -0.2) is 14.1 Å². The number of ether oxygens (including phenoxy) is 1. The van der Waals surface area contributed by atoms with E-state index >= 15 is 0 Å². The van der Waals surface area contributed by atoms with Crippen molar-refractivity contribution in [1.82, 2.24) is 25.0 Å². The van der Waals surface area contributed by atoms with Crippen LogP contribution in [0.15, 0.2) is 59.4 Å². The molecule has 5 rings (SSSR count). The molecule has 0 radical (unpaired) electrons. The quantitative estimate of drug-likeness (QED) is 0.329. The summed E-state index contributed by atoms with van der Waals surface area (Å²) in [5.74, 6) is 0.103. The van der Waals surface area contributed by atoms with Crippen LogP contribution in [0.1, 0.15) is 6.04 Å². The zero-order chi connectivity index (χ0) is 23.8. The van der Waals surface area contributed by atoms with Gasteiger partial charge in [-0.2, -0.15) is 0 Å². The van der Waals surface area contributed by atoms with E-state index < -0.39 is 43.1 Å². The molecule has 0 saturated carbocycles. The first kappa shape index (κ1) is 22.3. The number of oxazole rings is 1. The number of nitrogens with zero attached hydrogens (tertiary/aromatic N) is 5. The summed E-state index contributed by atoms with van der Waals surface area (Å²) in [7, 11) is 0. The zero-order valence-electron chi connectivity index (χ0n) is 17.5. The summed E-state index contributed by atoms with van der Waals surface area (Å²) in [5, 5.41) is 48.1. The largest absolute Gasteiger partial charge is 0.434 e. The molecule has 34 heavy (non-hydrogen) atoms. The average molecular weight is 469 g/mol. The second-order valence-electron chi connectivity index (χ2n) is 7.74. The first-order valence-electron chi connectivity index (χ1n) is 10.4. The number of aliphatic hydroxyl groups is 4. The van der Waals surface area contributed by atoms with Crippen LogP contribution in [0.3, 0.4) is 0 Å². The maximum absolute atomic E-state index is 13.5. The summed E-state index contributed by atoms with van der Waals surface area (Å²) >= 11 is 0. The summed E-state index contributed by atoms with van der Waals surface area (Å²) in [6.45, 7) is -0.578. The van der Waals surface area contributed by atoms with Crippen LogP contribution in [-0.2, 0) is 4.74 Å². The van der Waals surface area contributed by atoms with Crippen molar-refractivity contribution in [2.75, 3.05) is 6.61 Å². The number of aliphatic hydroxyl groups excluding tert-OH is 4. The molecule has 1 aliphatic rings. The second-order valence-corrected chi connectivity index (χ2v) is 7.74. The van der Waals surface area contributed by atoms with Gasteiger partial charge >= 0.3 is 0 Å². The first-order chi connectivity index (χ1) is 16.5. The number of benzene rings is 1. The van der Waals surface area contributed by atoms with E-state index in [1.54, 1.807) is 36.7 Å². The minimum atomic E-state index is -1.56. The summed E-state index contributed by atoms with van der Waals surface area (Å²) in [6.07, 6.45) is -1.06. The average Bonchev–Trinajstić information content (AvgIpc) is 3.50. The van der Waals surface area contributed by atoms with Crippen molar-refractivity contribution in [2.24, 2.45) is 0 Å². The molecule has 0 amide bonds. The molecule has 1 saturated heterocycles. The fourth-order valence-corrected chi connectivity index (χ4v) is 3.82. The van der Waals surface area contributed by atoms with E-state index in [2.05, 4.69) is 20.3 Å². The molecule has 1 aromatic carbocycles. The van der Waals surface area contributed by atoms with E-state index in [0.29, 0.717) is 22.6 Å². The smallest absolute Gasteiger partial charge is 0.249 e. The standard InChI is InChI=1S/C22H20FN5O6/c23-13-3-1-11(2-4-13)16-20(12-5-7-24-8-6-12)34-21(25-16)14-9-28(27-26-14)17-19(31)18(30)15(10-29)33-22(17)32/h1-9,15,17-19,22,29-32H,10H2/t15-,17-,18-,19-,22?/m1/s1. The fourth-order valence-electron chi connectivity index (χ4n) is 3.82. The Morgan fingerprint density at radius 3 is 2.41 bits per heavy atom. The highest BCUT2D eigenvalue weighted by atomic mass is 19.1. The van der Waals surface area contributed by atoms with Crippen LogP contribution in [-0.4, -0.2) is 76.6 Å². The molecule has 12 heteroatoms. The van der Waals surface area contributed by atoms with E-state index in [4.69, 9.17) is 9.15 Å². The summed E-state index contributed by atoms with van der Waals surface area (Å²) in [4.78, 5) is 8.53. The molecule has 176 valence electrons. The van der Waals surface area contributed by atoms with Crippen molar-refractivity contribution in [3.05, 3.63) is 60.8 Å². The maximum atomic E-state index is 13.5. The number of aromatic nitrogens is 5. The lowest BCUT2D eigenvalue weighted by molar-refractivity contribution is -0.265. The van der Waals surface area contributed by atoms with E-state index in [1.807, 2.05) is 0 Å². The highest BCUT2D eigenvalue weighted by Crippen LogP contribution is 2.36. The SMILES string of the molecule is OC[C@H]1OC(O)[C@H](n2cc(-c3nc(-c4ccc(F)cc4)c(-c4ccncc4)o3)nn2)[C@@H](O)[C@@H]1O. The van der Waals surface area contributed by atoms with Crippen LogP contribution in [0.2, 0.25) is 0 Å². The topological polar surface area (TPSA) is 160 Å². The molecule has 0 bridgehead atoms. The fraction of sp³-hybridized carbons (Fsp3) is 0.273. The minimum absolute atomic E-state index is 0.0897. The van der Waals surface area contributed by atoms with Gasteiger partial charge in [-0.15, -0.1) is 5.10 Å². The van der Waals surface area contributed by atoms with Crippen molar-refractivity contribution in [2.45, 2.75) is 30.6 Å². The van der Waals surface area contributed by atoms with E-state index in [-0.39, 0.29) is 11.6 Å². The Bertz CT molecular complexity index is 1260. The Hall–Kier alpha value is -3.55. The van der Waals surface area contributed by atoms with Gasteiger partial charge in [0.1, 0.15) is 35.9 Å². The van der Waals surface area contributed by atoms with Crippen LogP contribution in [0.5, 0.6) is 0 Å². The molecule has 5 atom stereocenters. The summed E-state index contributed by atoms with van der Waals surface area (Å²) in [5.41, 5.74) is 1.92. The van der Waals surface area contributed by atoms with Crippen molar-refractivity contribution in [3.8, 4) is 34.2 Å². The molecule has 1 fully saturated rings. The Morgan fingerprint density at radius 1 is 0.971 bits per heavy atom. The maximum Gasteiger partial charge on any atom is 0.249 e. The zero-order valence-corrected chi connectivity index (χ0v) is 17.5. The van der Waals surface area contributed by atoms with Crippen LogP contribution in [0, 0.1) is 5.82 Å². The lowest BCUT2D eigenvalue weighted by Crippen LogP contribution is -2.56. The van der Waals surface area contributed by atoms with E-state index in [0.717, 1.165) is 4.68 Å². The van der Waals surface area contributed by atoms with Crippen molar-refractivity contribution >= 4 is 0 Å². The Kier molecular flexibility index (Phi) is 5.89. The molecule has 4 heterocycles. The molecule has 11 nitrogen and oxygen atoms in total. The molecule has 4 aromatic rings. The third kappa shape index (κ3) is 3.97. The molecular weight excluding hydrogens is 449 g/mol. The minimum Gasteiger partial charge on any atom is -0.434 e. The number of hydrogen-bond acceptors (Lipinski definition) is 10. The lowest BCUT2D eigenvalue weighted by atomic mass is 9.97. The van der Waals surface area contributed by atoms with Crippen LogP contribution >= 0.6 is 0 Å². The molecule has 3 aromatic heterocycles. The second kappa shape index (κ2) is 9.00. The highest BCUT2D eigenvalue weighted by molar-refractivity contribution is 5.78. The van der Waals surface area contributed by atoms with Crippen LogP contribution in [0.4, 0.5) is 4.39 Å². The number of pyridine rings is 1. The van der Waals surface area contributed by atoms with Gasteiger partial charge in [0.25, 0.3) is 0 Å². The lowest BCUT2D eigenvalue weighted by Gasteiger charge is -2.39. The van der Waals surface area contributed by atoms with Gasteiger partial charge in [-0.05, 0) is 36.4 Å². The monoisotopic (exact) mass is 469 g/mol. The Balaban J connectivity index is 1.52. The molecule has 1 aliphatic heterocycles. The van der Waals surface area contributed by atoms with E-state index in [9.17, 15) is 24.8 Å². The highest BCUT2D eigenvalue weighted by Gasteiger charge is 2.45. The van der Waals surface area contributed by atoms with Crippen molar-refractivity contribution in [1.29, 1.82) is 0 Å². The molecule has 0 spiro atoms. The van der Waals surface area contributed by atoms with Gasteiger partial charge in [-0.1, -0.05) is 5.21 Å². The summed E-state index contributed by atoms with van der Waals surface area (Å²) in [6, 6.07) is 8.05. The predicted octanol–water partition coefficient (Wildman–Crippen LogP) is 0.774. The van der Waals surface area contributed by atoms with Gasteiger partial charge in [0.2, 0.25) is 5.89 Å². The third-order valence-corrected chi connectivity index (χ3v) is 5.59. The van der Waals surface area contributed by atoms with Gasteiger partial charge in [0, 0.05) is 23.5 Å². The predicted molar refractivity (Wildman–Crippen MR) is 113 cm³/mol.